The van der Waals surface area contributed by atoms with Gasteiger partial charge in [-0.25, -0.2) is 9.67 Å². The molecule has 1 heterocycles. The molecule has 0 aliphatic carbocycles. The zero-order valence-electron chi connectivity index (χ0n) is 7.62. The molecule has 0 aliphatic heterocycles. The van der Waals surface area contributed by atoms with Crippen molar-refractivity contribution in [1.29, 1.82) is 0 Å². The van der Waals surface area contributed by atoms with Crippen LogP contribution in [0.25, 0.3) is 0 Å². The van der Waals surface area contributed by atoms with E-state index in [1.165, 1.54) is 18.1 Å². The van der Waals surface area contributed by atoms with Crippen molar-refractivity contribution < 1.29 is 15.0 Å². The van der Waals surface area contributed by atoms with E-state index < -0.39 is 12.1 Å². The molecule has 0 fully saturated rings. The third-order valence-electron chi connectivity index (χ3n) is 1.48. The molecule has 0 bridgehead atoms. The highest BCUT2D eigenvalue weighted by Crippen LogP contribution is 2.15. The van der Waals surface area contributed by atoms with Crippen LogP contribution in [0.4, 0.5) is 0 Å². The van der Waals surface area contributed by atoms with Crippen molar-refractivity contribution in [3.8, 4) is 0 Å². The van der Waals surface area contributed by atoms with Crippen LogP contribution in [0.1, 0.15) is 6.42 Å². The van der Waals surface area contributed by atoms with Gasteiger partial charge in [-0.2, -0.15) is 5.10 Å². The third kappa shape index (κ3) is 3.35. The molecule has 0 aliphatic rings. The van der Waals surface area contributed by atoms with Crippen molar-refractivity contribution in [2.45, 2.75) is 17.7 Å². The molecule has 0 saturated carbocycles. The van der Waals surface area contributed by atoms with Crippen LogP contribution >= 0.6 is 11.8 Å². The van der Waals surface area contributed by atoms with Crippen LogP contribution in [-0.4, -0.2) is 42.8 Å². The summed E-state index contributed by atoms with van der Waals surface area (Å²) in [4.78, 5) is 14.2. The number of thioether (sulfide) groups is 1. The predicted molar refractivity (Wildman–Crippen MR) is 50.0 cm³/mol. The molecule has 0 spiro atoms. The predicted octanol–water partition coefficient (Wildman–Crippen LogP) is -0.257. The summed E-state index contributed by atoms with van der Waals surface area (Å²) in [5.41, 5.74) is 0. The average Bonchev–Trinajstić information content (AvgIpc) is 2.46. The van der Waals surface area contributed by atoms with Crippen LogP contribution in [0.3, 0.4) is 0 Å². The molecule has 1 unspecified atom stereocenters. The van der Waals surface area contributed by atoms with Gasteiger partial charge in [0.15, 0.2) is 5.16 Å². The van der Waals surface area contributed by atoms with Crippen molar-refractivity contribution >= 4 is 17.7 Å². The van der Waals surface area contributed by atoms with Crippen molar-refractivity contribution in [3.05, 3.63) is 6.33 Å². The fraction of sp³-hybridized carbons (Fsp3) is 0.571. The molecular weight excluding hydrogens is 206 g/mol. The second-order valence-corrected chi connectivity index (χ2v) is 3.72. The second-order valence-electron chi connectivity index (χ2n) is 2.73. The van der Waals surface area contributed by atoms with E-state index in [0.717, 1.165) is 0 Å². The van der Waals surface area contributed by atoms with Crippen LogP contribution in [0.5, 0.6) is 0 Å². The van der Waals surface area contributed by atoms with Gasteiger partial charge in [0, 0.05) is 12.8 Å². The van der Waals surface area contributed by atoms with E-state index >= 15 is 0 Å². The number of aromatic nitrogens is 3. The van der Waals surface area contributed by atoms with Gasteiger partial charge in [0.1, 0.15) is 6.33 Å². The number of aliphatic hydroxyl groups is 1. The van der Waals surface area contributed by atoms with Crippen molar-refractivity contribution in [2.75, 3.05) is 5.75 Å². The largest absolute Gasteiger partial charge is 0.481 e. The van der Waals surface area contributed by atoms with Gasteiger partial charge in [0.2, 0.25) is 0 Å². The fourth-order valence-corrected chi connectivity index (χ4v) is 1.66. The normalized spacial score (nSPS) is 12.7. The summed E-state index contributed by atoms with van der Waals surface area (Å²) in [6.45, 7) is 0. The Morgan fingerprint density at radius 2 is 2.50 bits per heavy atom. The molecular formula is C7H11N3O3S. The molecule has 78 valence electrons. The number of aryl methyl sites for hydroxylation is 1. The van der Waals surface area contributed by atoms with Crippen LogP contribution in [0.15, 0.2) is 11.5 Å². The van der Waals surface area contributed by atoms with Crippen LogP contribution in [0, 0.1) is 0 Å². The highest BCUT2D eigenvalue weighted by molar-refractivity contribution is 7.99. The summed E-state index contributed by atoms with van der Waals surface area (Å²) >= 11 is 1.28. The first-order valence-electron chi connectivity index (χ1n) is 3.96. The van der Waals surface area contributed by atoms with Crippen molar-refractivity contribution in [1.82, 2.24) is 14.8 Å². The molecule has 0 saturated heterocycles. The minimum atomic E-state index is -1.00. The average molecular weight is 217 g/mol. The maximum Gasteiger partial charge on any atom is 0.306 e. The van der Waals surface area contributed by atoms with E-state index in [9.17, 15) is 9.90 Å². The third-order valence-corrected chi connectivity index (χ3v) is 2.66. The van der Waals surface area contributed by atoms with Gasteiger partial charge in [0.25, 0.3) is 0 Å². The number of carboxylic acid groups (broad SMARTS) is 1. The maximum absolute atomic E-state index is 10.2. The quantitative estimate of drug-likeness (QED) is 0.661. The number of carboxylic acids is 1. The van der Waals surface area contributed by atoms with E-state index in [2.05, 4.69) is 10.1 Å². The number of nitrogens with zero attached hydrogens (tertiary/aromatic N) is 3. The molecule has 6 nitrogen and oxygen atoms in total. The first-order chi connectivity index (χ1) is 6.59. The molecule has 0 amide bonds. The van der Waals surface area contributed by atoms with Crippen LogP contribution in [0.2, 0.25) is 0 Å². The van der Waals surface area contributed by atoms with E-state index in [1.54, 1.807) is 11.7 Å². The van der Waals surface area contributed by atoms with E-state index in [4.69, 9.17) is 5.11 Å². The molecule has 14 heavy (non-hydrogen) atoms. The molecule has 0 aromatic carbocycles. The second kappa shape index (κ2) is 4.97. The van der Waals surface area contributed by atoms with Gasteiger partial charge in [-0.3, -0.25) is 4.79 Å². The molecule has 1 atom stereocenters. The first-order valence-corrected chi connectivity index (χ1v) is 4.95. The number of carbonyl (C=O) groups is 1. The van der Waals surface area contributed by atoms with Crippen LogP contribution < -0.4 is 0 Å². The number of rotatable bonds is 5. The number of aliphatic hydroxyl groups excluding tert-OH is 1. The molecule has 0 radical (unpaired) electrons. The van der Waals surface area contributed by atoms with E-state index in [1.807, 2.05) is 0 Å². The SMILES string of the molecule is Cn1ncnc1SCC(O)CC(=O)O. The highest BCUT2D eigenvalue weighted by atomic mass is 32.2. The lowest BCUT2D eigenvalue weighted by atomic mass is 10.3. The maximum atomic E-state index is 10.2. The Kier molecular flexibility index (Phi) is 3.90. The van der Waals surface area contributed by atoms with Crippen molar-refractivity contribution in [3.63, 3.8) is 0 Å². The van der Waals surface area contributed by atoms with Gasteiger partial charge in [-0.05, 0) is 0 Å². The molecule has 1 aromatic heterocycles. The van der Waals surface area contributed by atoms with Gasteiger partial charge in [0.05, 0.1) is 12.5 Å². The van der Waals surface area contributed by atoms with E-state index in [0.29, 0.717) is 10.9 Å². The lowest BCUT2D eigenvalue weighted by molar-refractivity contribution is -0.138. The Labute approximate surface area is 85.0 Å². The molecule has 1 aromatic rings. The van der Waals surface area contributed by atoms with Gasteiger partial charge < -0.3 is 10.2 Å². The molecule has 1 rings (SSSR count). The number of hydrogen-bond donors (Lipinski definition) is 2. The summed E-state index contributed by atoms with van der Waals surface area (Å²) in [7, 11) is 1.74. The Morgan fingerprint density at radius 3 is 3.00 bits per heavy atom. The summed E-state index contributed by atoms with van der Waals surface area (Å²) < 4.78 is 1.57. The summed E-state index contributed by atoms with van der Waals surface area (Å²) in [5.74, 6) is -0.699. The van der Waals surface area contributed by atoms with Gasteiger partial charge in [-0.1, -0.05) is 11.8 Å². The van der Waals surface area contributed by atoms with Crippen LogP contribution in [-0.2, 0) is 11.8 Å². The number of aliphatic carboxylic acids is 1. The first kappa shape index (κ1) is 11.0. The summed E-state index contributed by atoms with van der Waals surface area (Å²) in [6.07, 6.45) is 0.311. The Morgan fingerprint density at radius 1 is 1.79 bits per heavy atom. The lowest BCUT2D eigenvalue weighted by Gasteiger charge is -2.05. The summed E-state index contributed by atoms with van der Waals surface area (Å²) in [5, 5.41) is 22.1. The minimum Gasteiger partial charge on any atom is -0.481 e. The number of hydrogen-bond acceptors (Lipinski definition) is 5. The monoisotopic (exact) mass is 217 g/mol. The fourth-order valence-electron chi connectivity index (χ4n) is 0.848. The minimum absolute atomic E-state index is 0.245. The zero-order chi connectivity index (χ0) is 10.6. The standard InChI is InChI=1S/C7H11N3O3S/c1-10-7(8-4-9-10)14-3-5(11)2-6(12)13/h4-5,11H,2-3H2,1H3,(H,12,13). The highest BCUT2D eigenvalue weighted by Gasteiger charge is 2.11. The Balaban J connectivity index is 2.34. The Bertz CT molecular complexity index is 315. The molecule has 7 heteroatoms. The lowest BCUT2D eigenvalue weighted by Crippen LogP contribution is -2.15. The smallest absolute Gasteiger partial charge is 0.306 e. The van der Waals surface area contributed by atoms with Gasteiger partial charge >= 0.3 is 5.97 Å². The molecule has 2 N–H and O–H groups in total. The Hall–Kier alpha value is -1.08. The topological polar surface area (TPSA) is 88.2 Å². The van der Waals surface area contributed by atoms with Crippen molar-refractivity contribution in [2.24, 2.45) is 7.05 Å². The zero-order valence-corrected chi connectivity index (χ0v) is 8.44. The summed E-state index contributed by atoms with van der Waals surface area (Å²) in [6, 6.07) is 0. The van der Waals surface area contributed by atoms with Gasteiger partial charge in [-0.15, -0.1) is 0 Å². The van der Waals surface area contributed by atoms with E-state index in [-0.39, 0.29) is 6.42 Å².